The van der Waals surface area contributed by atoms with Gasteiger partial charge >= 0.3 is 0 Å². The van der Waals surface area contributed by atoms with Crippen LogP contribution in [0, 0.1) is 33.6 Å². The van der Waals surface area contributed by atoms with E-state index in [0.29, 0.717) is 0 Å². The predicted octanol–water partition coefficient (Wildman–Crippen LogP) is 2.47. The standard InChI is InChI=1S/C14H12F4N4O4S/c1-27(25,26)7-2-3-8(9(6-7)22(23)24)19-4-5-20-12-10(15)13(17)21-14(18)11(12)16/h2-3,6,19H,4-5H2,1H3,(H,20,21). The number of rotatable bonds is 7. The van der Waals surface area contributed by atoms with Gasteiger partial charge in [0.05, 0.1) is 9.82 Å². The quantitative estimate of drug-likeness (QED) is 0.238. The first kappa shape index (κ1) is 20.4. The van der Waals surface area contributed by atoms with Gasteiger partial charge in [0.1, 0.15) is 11.4 Å². The van der Waals surface area contributed by atoms with Gasteiger partial charge < -0.3 is 10.6 Å². The van der Waals surface area contributed by atoms with Gasteiger partial charge in [-0.15, -0.1) is 0 Å². The van der Waals surface area contributed by atoms with Crippen LogP contribution in [0.1, 0.15) is 0 Å². The zero-order chi connectivity index (χ0) is 20.4. The van der Waals surface area contributed by atoms with Crippen LogP contribution in [0.2, 0.25) is 0 Å². The lowest BCUT2D eigenvalue weighted by atomic mass is 10.2. The van der Waals surface area contributed by atoms with Gasteiger partial charge in [-0.05, 0) is 12.1 Å². The second kappa shape index (κ2) is 7.73. The van der Waals surface area contributed by atoms with Crippen molar-refractivity contribution in [2.24, 2.45) is 0 Å². The molecule has 0 saturated heterocycles. The first-order valence-electron chi connectivity index (χ1n) is 7.18. The molecule has 0 unspecified atom stereocenters. The third-order valence-corrected chi connectivity index (χ3v) is 4.44. The van der Waals surface area contributed by atoms with Crippen molar-refractivity contribution in [1.29, 1.82) is 0 Å². The molecule has 0 aliphatic rings. The number of nitrogens with zero attached hydrogens (tertiary/aromatic N) is 2. The molecule has 13 heteroatoms. The number of sulfone groups is 1. The molecule has 2 aromatic rings. The summed E-state index contributed by atoms with van der Waals surface area (Å²) in [6.45, 7) is -0.425. The Bertz CT molecular complexity index is 975. The van der Waals surface area contributed by atoms with Gasteiger partial charge in [-0.2, -0.15) is 22.5 Å². The largest absolute Gasteiger partial charge is 0.378 e. The molecule has 2 N–H and O–H groups in total. The summed E-state index contributed by atoms with van der Waals surface area (Å²) in [7, 11) is -3.66. The average molecular weight is 408 g/mol. The Morgan fingerprint density at radius 1 is 1.07 bits per heavy atom. The van der Waals surface area contributed by atoms with Crippen molar-refractivity contribution >= 4 is 26.9 Å². The summed E-state index contributed by atoms with van der Waals surface area (Å²) in [5.41, 5.74) is -1.65. The lowest BCUT2D eigenvalue weighted by Gasteiger charge is -2.11. The zero-order valence-corrected chi connectivity index (χ0v) is 14.4. The summed E-state index contributed by atoms with van der Waals surface area (Å²) in [5.74, 6) is -7.07. The van der Waals surface area contributed by atoms with E-state index < -0.39 is 49.7 Å². The molecule has 0 spiro atoms. The molecule has 0 bridgehead atoms. The number of nitro groups is 1. The SMILES string of the molecule is CS(=O)(=O)c1ccc(NCCNc2c(F)c(F)nc(F)c2F)c([N+](=O)[O-])c1. The minimum Gasteiger partial charge on any atom is -0.378 e. The summed E-state index contributed by atoms with van der Waals surface area (Å²) in [6, 6.07) is 3.16. The van der Waals surface area contributed by atoms with Crippen LogP contribution in [0.15, 0.2) is 23.1 Å². The average Bonchev–Trinajstić information content (AvgIpc) is 2.58. The lowest BCUT2D eigenvalue weighted by Crippen LogP contribution is -2.17. The summed E-state index contributed by atoms with van der Waals surface area (Å²) in [5, 5.41) is 15.8. The van der Waals surface area contributed by atoms with Crippen molar-refractivity contribution in [2.75, 3.05) is 30.0 Å². The Hall–Kier alpha value is -2.96. The molecule has 0 atom stereocenters. The molecule has 0 aliphatic heterocycles. The number of halogens is 4. The molecule has 8 nitrogen and oxygen atoms in total. The number of pyridine rings is 1. The smallest absolute Gasteiger partial charge is 0.293 e. The van der Waals surface area contributed by atoms with Gasteiger partial charge in [0.2, 0.25) is 11.6 Å². The van der Waals surface area contributed by atoms with Crippen LogP contribution in [0.25, 0.3) is 0 Å². The maximum atomic E-state index is 13.4. The van der Waals surface area contributed by atoms with Gasteiger partial charge in [0.25, 0.3) is 17.6 Å². The molecule has 0 aliphatic carbocycles. The van der Waals surface area contributed by atoms with E-state index in [1.54, 1.807) is 0 Å². The van der Waals surface area contributed by atoms with Gasteiger partial charge in [0, 0.05) is 25.4 Å². The van der Waals surface area contributed by atoms with Crippen molar-refractivity contribution in [3.05, 3.63) is 51.8 Å². The van der Waals surface area contributed by atoms with E-state index in [0.717, 1.165) is 24.5 Å². The Morgan fingerprint density at radius 2 is 1.63 bits per heavy atom. The highest BCUT2D eigenvalue weighted by molar-refractivity contribution is 7.90. The number of hydrogen-bond acceptors (Lipinski definition) is 7. The third kappa shape index (κ3) is 4.61. The molecule has 0 radical (unpaired) electrons. The van der Waals surface area contributed by atoms with Gasteiger partial charge in [-0.1, -0.05) is 0 Å². The van der Waals surface area contributed by atoms with E-state index >= 15 is 0 Å². The van der Waals surface area contributed by atoms with Crippen LogP contribution < -0.4 is 10.6 Å². The van der Waals surface area contributed by atoms with Crippen molar-refractivity contribution in [3.63, 3.8) is 0 Å². The molecular weight excluding hydrogens is 396 g/mol. The minimum absolute atomic E-state index is 0.0535. The second-order valence-electron chi connectivity index (χ2n) is 5.26. The van der Waals surface area contributed by atoms with Crippen molar-refractivity contribution < 1.29 is 30.9 Å². The predicted molar refractivity (Wildman–Crippen MR) is 87.3 cm³/mol. The Labute approximate surface area is 150 Å². The molecule has 0 saturated carbocycles. The first-order valence-corrected chi connectivity index (χ1v) is 9.07. The minimum atomic E-state index is -3.66. The van der Waals surface area contributed by atoms with E-state index in [1.807, 2.05) is 0 Å². The van der Waals surface area contributed by atoms with Crippen LogP contribution in [0.5, 0.6) is 0 Å². The van der Waals surface area contributed by atoms with E-state index in [1.165, 1.54) is 0 Å². The van der Waals surface area contributed by atoms with Crippen LogP contribution in [-0.2, 0) is 9.84 Å². The molecule has 1 aromatic carbocycles. The third-order valence-electron chi connectivity index (χ3n) is 3.33. The number of nitrogens with one attached hydrogen (secondary N) is 2. The van der Waals surface area contributed by atoms with Crippen LogP contribution in [-0.4, -0.2) is 37.7 Å². The number of hydrogen-bond donors (Lipinski definition) is 2. The van der Waals surface area contributed by atoms with E-state index in [9.17, 15) is 36.1 Å². The number of benzene rings is 1. The van der Waals surface area contributed by atoms with Gasteiger partial charge in [-0.3, -0.25) is 10.1 Å². The highest BCUT2D eigenvalue weighted by Crippen LogP contribution is 2.27. The fourth-order valence-corrected chi connectivity index (χ4v) is 2.71. The molecule has 1 aromatic heterocycles. The van der Waals surface area contributed by atoms with Gasteiger partial charge in [0.15, 0.2) is 9.84 Å². The van der Waals surface area contributed by atoms with Gasteiger partial charge in [-0.25, -0.2) is 8.42 Å². The number of aromatic nitrogens is 1. The van der Waals surface area contributed by atoms with E-state index in [-0.39, 0.29) is 23.7 Å². The normalized spacial score (nSPS) is 11.3. The van der Waals surface area contributed by atoms with Crippen molar-refractivity contribution in [1.82, 2.24) is 4.98 Å². The first-order chi connectivity index (χ1) is 12.5. The molecule has 0 fully saturated rings. The summed E-state index contributed by atoms with van der Waals surface area (Å²) < 4.78 is 75.8. The Kier molecular flexibility index (Phi) is 5.83. The monoisotopic (exact) mass is 408 g/mol. The van der Waals surface area contributed by atoms with E-state index in [2.05, 4.69) is 15.6 Å². The Morgan fingerprint density at radius 3 is 2.15 bits per heavy atom. The van der Waals surface area contributed by atoms with E-state index in [4.69, 9.17) is 0 Å². The zero-order valence-electron chi connectivity index (χ0n) is 13.6. The molecule has 2 rings (SSSR count). The van der Waals surface area contributed by atoms with Crippen LogP contribution in [0.3, 0.4) is 0 Å². The summed E-state index contributed by atoms with van der Waals surface area (Å²) >= 11 is 0. The molecule has 27 heavy (non-hydrogen) atoms. The van der Waals surface area contributed by atoms with Crippen LogP contribution in [0.4, 0.5) is 34.6 Å². The summed E-state index contributed by atoms with van der Waals surface area (Å²) in [4.78, 5) is 12.4. The highest BCUT2D eigenvalue weighted by Gasteiger charge is 2.21. The highest BCUT2D eigenvalue weighted by atomic mass is 32.2. The molecular formula is C14H12F4N4O4S. The summed E-state index contributed by atoms with van der Waals surface area (Å²) in [6.07, 6.45) is 0.888. The van der Waals surface area contributed by atoms with Crippen molar-refractivity contribution in [3.8, 4) is 0 Å². The number of anilines is 2. The topological polar surface area (TPSA) is 114 Å². The van der Waals surface area contributed by atoms with Crippen LogP contribution >= 0.6 is 0 Å². The molecule has 146 valence electrons. The molecule has 0 amide bonds. The lowest BCUT2D eigenvalue weighted by molar-refractivity contribution is -0.384. The Balaban J connectivity index is 2.12. The fraction of sp³-hybridized carbons (Fsp3) is 0.214. The molecule has 1 heterocycles. The second-order valence-corrected chi connectivity index (χ2v) is 7.27. The maximum absolute atomic E-state index is 13.4. The van der Waals surface area contributed by atoms with Crippen molar-refractivity contribution in [2.45, 2.75) is 4.90 Å². The fourth-order valence-electron chi connectivity index (χ4n) is 2.07. The number of nitro benzene ring substituents is 1. The maximum Gasteiger partial charge on any atom is 0.293 e.